The van der Waals surface area contributed by atoms with Crippen LogP contribution in [0.1, 0.15) is 19.3 Å². The topological polar surface area (TPSA) is 23.5 Å². The summed E-state index contributed by atoms with van der Waals surface area (Å²) < 4.78 is 0. The standard InChI is InChI=1S/C9H17NO/c1-10-7-4-6-9(10)5-2-3-8-11/h2-3,9,11H,4-8H2,1H3/b3-2-. The van der Waals surface area contributed by atoms with E-state index in [0.717, 1.165) is 12.5 Å². The second kappa shape index (κ2) is 4.52. The van der Waals surface area contributed by atoms with Gasteiger partial charge < -0.3 is 10.0 Å². The van der Waals surface area contributed by atoms with Crippen LogP contribution in [0.4, 0.5) is 0 Å². The average molecular weight is 155 g/mol. The Bertz CT molecular complexity index is 134. The van der Waals surface area contributed by atoms with E-state index < -0.39 is 0 Å². The molecule has 0 radical (unpaired) electrons. The molecule has 0 amide bonds. The van der Waals surface area contributed by atoms with Crippen LogP contribution in [0.25, 0.3) is 0 Å². The Morgan fingerprint density at radius 3 is 2.91 bits per heavy atom. The molecule has 2 heteroatoms. The van der Waals surface area contributed by atoms with Gasteiger partial charge in [0.1, 0.15) is 0 Å². The number of nitrogens with zero attached hydrogens (tertiary/aromatic N) is 1. The van der Waals surface area contributed by atoms with Gasteiger partial charge in [-0.05, 0) is 32.9 Å². The number of aliphatic hydroxyl groups is 1. The lowest BCUT2D eigenvalue weighted by molar-refractivity contribution is 0.311. The van der Waals surface area contributed by atoms with Crippen molar-refractivity contribution in [2.45, 2.75) is 25.3 Å². The summed E-state index contributed by atoms with van der Waals surface area (Å²) in [5, 5.41) is 8.51. The number of hydrogen-bond donors (Lipinski definition) is 1. The van der Waals surface area contributed by atoms with Gasteiger partial charge in [-0.15, -0.1) is 0 Å². The van der Waals surface area contributed by atoms with Crippen molar-refractivity contribution in [1.29, 1.82) is 0 Å². The van der Waals surface area contributed by atoms with Crippen molar-refractivity contribution < 1.29 is 5.11 Å². The van der Waals surface area contributed by atoms with Crippen molar-refractivity contribution in [1.82, 2.24) is 4.90 Å². The van der Waals surface area contributed by atoms with Crippen molar-refractivity contribution in [3.05, 3.63) is 12.2 Å². The lowest BCUT2D eigenvalue weighted by Gasteiger charge is -2.16. The minimum absolute atomic E-state index is 0.177. The van der Waals surface area contributed by atoms with Gasteiger partial charge in [0.15, 0.2) is 0 Å². The summed E-state index contributed by atoms with van der Waals surface area (Å²) in [5.74, 6) is 0. The molecule has 0 spiro atoms. The molecule has 1 N–H and O–H groups in total. The highest BCUT2D eigenvalue weighted by Gasteiger charge is 2.18. The van der Waals surface area contributed by atoms with Gasteiger partial charge in [0, 0.05) is 6.04 Å². The zero-order chi connectivity index (χ0) is 8.10. The summed E-state index contributed by atoms with van der Waals surface area (Å²) in [4.78, 5) is 2.39. The maximum Gasteiger partial charge on any atom is 0.0612 e. The van der Waals surface area contributed by atoms with Crippen LogP contribution in [-0.2, 0) is 0 Å². The monoisotopic (exact) mass is 155 g/mol. The summed E-state index contributed by atoms with van der Waals surface area (Å²) >= 11 is 0. The fourth-order valence-electron chi connectivity index (χ4n) is 1.60. The van der Waals surface area contributed by atoms with Gasteiger partial charge in [-0.2, -0.15) is 0 Å². The van der Waals surface area contributed by atoms with Crippen molar-refractivity contribution in [3.63, 3.8) is 0 Å². The van der Waals surface area contributed by atoms with Crippen LogP contribution in [0.3, 0.4) is 0 Å². The first-order chi connectivity index (χ1) is 5.34. The van der Waals surface area contributed by atoms with E-state index >= 15 is 0 Å². The molecule has 11 heavy (non-hydrogen) atoms. The predicted octanol–water partition coefficient (Wildman–Crippen LogP) is 1.02. The zero-order valence-corrected chi connectivity index (χ0v) is 7.16. The second-order valence-corrected chi connectivity index (χ2v) is 3.17. The molecule has 1 heterocycles. The number of hydrogen-bond acceptors (Lipinski definition) is 2. The number of rotatable bonds is 3. The summed E-state index contributed by atoms with van der Waals surface area (Å²) in [6, 6.07) is 0.720. The van der Waals surface area contributed by atoms with Gasteiger partial charge in [-0.3, -0.25) is 0 Å². The molecule has 1 fully saturated rings. The fourth-order valence-corrected chi connectivity index (χ4v) is 1.60. The Morgan fingerprint density at radius 2 is 2.36 bits per heavy atom. The lowest BCUT2D eigenvalue weighted by Crippen LogP contribution is -2.23. The molecule has 0 aromatic heterocycles. The van der Waals surface area contributed by atoms with E-state index in [0.29, 0.717) is 0 Å². The molecule has 0 aromatic rings. The van der Waals surface area contributed by atoms with Crippen molar-refractivity contribution in [3.8, 4) is 0 Å². The van der Waals surface area contributed by atoms with E-state index in [2.05, 4.69) is 18.0 Å². The lowest BCUT2D eigenvalue weighted by atomic mass is 10.1. The Morgan fingerprint density at radius 1 is 1.55 bits per heavy atom. The maximum absolute atomic E-state index is 8.51. The van der Waals surface area contributed by atoms with E-state index in [1.807, 2.05) is 6.08 Å². The average Bonchev–Trinajstić information content (AvgIpc) is 2.37. The molecule has 0 aliphatic carbocycles. The molecule has 1 aliphatic rings. The molecule has 2 nitrogen and oxygen atoms in total. The molecule has 1 unspecified atom stereocenters. The number of aliphatic hydroxyl groups excluding tert-OH is 1. The molecule has 1 rings (SSSR count). The van der Waals surface area contributed by atoms with Crippen LogP contribution in [0.15, 0.2) is 12.2 Å². The number of likely N-dealkylation sites (tertiary alicyclic amines) is 1. The molecular weight excluding hydrogens is 138 g/mol. The Balaban J connectivity index is 2.20. The van der Waals surface area contributed by atoms with Crippen LogP contribution >= 0.6 is 0 Å². The molecule has 1 saturated heterocycles. The van der Waals surface area contributed by atoms with Gasteiger partial charge in [-0.25, -0.2) is 0 Å². The van der Waals surface area contributed by atoms with E-state index in [-0.39, 0.29) is 6.61 Å². The molecular formula is C9H17NO. The summed E-state index contributed by atoms with van der Waals surface area (Å²) in [6.45, 7) is 1.41. The summed E-state index contributed by atoms with van der Waals surface area (Å²) in [6.07, 6.45) is 7.64. The van der Waals surface area contributed by atoms with Crippen LogP contribution in [-0.4, -0.2) is 36.2 Å². The first kappa shape index (κ1) is 8.75. The van der Waals surface area contributed by atoms with Crippen molar-refractivity contribution in [2.75, 3.05) is 20.2 Å². The van der Waals surface area contributed by atoms with E-state index in [1.165, 1.54) is 19.4 Å². The Kier molecular flexibility index (Phi) is 3.60. The van der Waals surface area contributed by atoms with Crippen LogP contribution in [0.5, 0.6) is 0 Å². The normalized spacial score (nSPS) is 26.9. The van der Waals surface area contributed by atoms with Crippen LogP contribution in [0.2, 0.25) is 0 Å². The molecule has 0 saturated carbocycles. The van der Waals surface area contributed by atoms with E-state index in [9.17, 15) is 0 Å². The fraction of sp³-hybridized carbons (Fsp3) is 0.778. The summed E-state index contributed by atoms with van der Waals surface area (Å²) in [5.41, 5.74) is 0. The first-order valence-corrected chi connectivity index (χ1v) is 4.30. The molecule has 0 bridgehead atoms. The second-order valence-electron chi connectivity index (χ2n) is 3.17. The highest BCUT2D eigenvalue weighted by molar-refractivity contribution is 4.88. The third kappa shape index (κ3) is 2.64. The van der Waals surface area contributed by atoms with E-state index in [1.54, 1.807) is 0 Å². The highest BCUT2D eigenvalue weighted by atomic mass is 16.2. The smallest absolute Gasteiger partial charge is 0.0612 e. The van der Waals surface area contributed by atoms with Crippen molar-refractivity contribution >= 4 is 0 Å². The van der Waals surface area contributed by atoms with Gasteiger partial charge in [0.25, 0.3) is 0 Å². The van der Waals surface area contributed by atoms with Gasteiger partial charge >= 0.3 is 0 Å². The largest absolute Gasteiger partial charge is 0.392 e. The van der Waals surface area contributed by atoms with Gasteiger partial charge in [0.05, 0.1) is 6.61 Å². The maximum atomic E-state index is 8.51. The Labute approximate surface area is 68.5 Å². The van der Waals surface area contributed by atoms with Crippen molar-refractivity contribution in [2.24, 2.45) is 0 Å². The van der Waals surface area contributed by atoms with Crippen LogP contribution < -0.4 is 0 Å². The molecule has 64 valence electrons. The minimum Gasteiger partial charge on any atom is -0.392 e. The van der Waals surface area contributed by atoms with Gasteiger partial charge in [-0.1, -0.05) is 12.2 Å². The third-order valence-electron chi connectivity index (χ3n) is 2.35. The predicted molar refractivity (Wildman–Crippen MR) is 46.5 cm³/mol. The molecule has 0 aromatic carbocycles. The molecule has 1 atom stereocenters. The summed E-state index contributed by atoms with van der Waals surface area (Å²) in [7, 11) is 2.17. The highest BCUT2D eigenvalue weighted by Crippen LogP contribution is 2.17. The minimum atomic E-state index is 0.177. The zero-order valence-electron chi connectivity index (χ0n) is 7.16. The Hall–Kier alpha value is -0.340. The quantitative estimate of drug-likeness (QED) is 0.615. The first-order valence-electron chi connectivity index (χ1n) is 4.30. The SMILES string of the molecule is CN1CCCC1C/C=C\CO. The van der Waals surface area contributed by atoms with Crippen LogP contribution in [0, 0.1) is 0 Å². The molecule has 1 aliphatic heterocycles. The van der Waals surface area contributed by atoms with Gasteiger partial charge in [0.2, 0.25) is 0 Å². The van der Waals surface area contributed by atoms with E-state index in [4.69, 9.17) is 5.11 Å². The third-order valence-corrected chi connectivity index (χ3v) is 2.35.